The largest absolute Gasteiger partial charge is 0.353 e. The molecule has 0 spiro atoms. The number of halogens is 2. The number of carbonyl (C=O) groups is 1. The van der Waals surface area contributed by atoms with Crippen LogP contribution >= 0.6 is 28.3 Å². The summed E-state index contributed by atoms with van der Waals surface area (Å²) in [6, 6.07) is 17.9. The van der Waals surface area contributed by atoms with Gasteiger partial charge < -0.3 is 11.1 Å². The molecule has 0 saturated heterocycles. The first-order chi connectivity index (χ1) is 10.6. The summed E-state index contributed by atoms with van der Waals surface area (Å²) < 4.78 is 1.06. The third-order valence-electron chi connectivity index (χ3n) is 3.60. The van der Waals surface area contributed by atoms with Crippen molar-refractivity contribution in [2.75, 3.05) is 6.54 Å². The fourth-order valence-corrected chi connectivity index (χ4v) is 2.71. The fourth-order valence-electron chi connectivity index (χ4n) is 2.45. The highest BCUT2D eigenvalue weighted by Crippen LogP contribution is 2.15. The van der Waals surface area contributed by atoms with E-state index in [1.807, 2.05) is 49.4 Å². The second kappa shape index (κ2) is 9.71. The first-order valence-corrected chi connectivity index (χ1v) is 8.19. The highest BCUT2D eigenvalue weighted by atomic mass is 79.9. The first kappa shape index (κ1) is 19.7. The highest BCUT2D eigenvalue weighted by Gasteiger charge is 2.20. The standard InChI is InChI=1S/C18H21BrN2O.ClH/c1-13(11-14-7-9-16(19)10-8-14)21-18(22)17(12-20)15-5-3-2-4-6-15;/h2-10,13,17H,11-12,20H2,1H3,(H,21,22);1H. The maximum atomic E-state index is 12.4. The normalized spacial score (nSPS) is 12.8. The average molecular weight is 398 g/mol. The van der Waals surface area contributed by atoms with E-state index < -0.39 is 0 Å². The molecule has 2 aromatic rings. The van der Waals surface area contributed by atoms with Crippen molar-refractivity contribution >= 4 is 34.2 Å². The van der Waals surface area contributed by atoms with Crippen LogP contribution in [0.5, 0.6) is 0 Å². The quantitative estimate of drug-likeness (QED) is 0.781. The summed E-state index contributed by atoms with van der Waals surface area (Å²) in [6.45, 7) is 2.32. The van der Waals surface area contributed by atoms with Gasteiger partial charge in [-0.3, -0.25) is 4.79 Å². The van der Waals surface area contributed by atoms with Crippen LogP contribution in [0.25, 0.3) is 0 Å². The van der Waals surface area contributed by atoms with Gasteiger partial charge >= 0.3 is 0 Å². The van der Waals surface area contributed by atoms with E-state index in [0.29, 0.717) is 6.54 Å². The lowest BCUT2D eigenvalue weighted by Crippen LogP contribution is -2.39. The Labute approximate surface area is 152 Å². The molecule has 23 heavy (non-hydrogen) atoms. The Kier molecular flexibility index (Phi) is 8.31. The van der Waals surface area contributed by atoms with Crippen LogP contribution in [0.1, 0.15) is 24.0 Å². The Balaban J connectivity index is 0.00000264. The van der Waals surface area contributed by atoms with Crippen LogP contribution in [0.3, 0.4) is 0 Å². The van der Waals surface area contributed by atoms with E-state index in [-0.39, 0.29) is 30.3 Å². The van der Waals surface area contributed by atoms with E-state index in [2.05, 4.69) is 33.4 Å². The number of hydrogen-bond donors (Lipinski definition) is 2. The molecule has 0 aliphatic rings. The van der Waals surface area contributed by atoms with Crippen molar-refractivity contribution in [3.63, 3.8) is 0 Å². The SMILES string of the molecule is CC(Cc1ccc(Br)cc1)NC(=O)C(CN)c1ccccc1.Cl. The van der Waals surface area contributed by atoms with Crippen LogP contribution in [0, 0.1) is 0 Å². The number of benzene rings is 2. The monoisotopic (exact) mass is 396 g/mol. The van der Waals surface area contributed by atoms with E-state index in [9.17, 15) is 4.79 Å². The van der Waals surface area contributed by atoms with Crippen LogP contribution in [0.4, 0.5) is 0 Å². The first-order valence-electron chi connectivity index (χ1n) is 7.40. The van der Waals surface area contributed by atoms with E-state index in [1.54, 1.807) is 0 Å². The summed E-state index contributed by atoms with van der Waals surface area (Å²) in [5.41, 5.74) is 7.94. The van der Waals surface area contributed by atoms with Crippen LogP contribution < -0.4 is 11.1 Å². The second-order valence-corrected chi connectivity index (χ2v) is 6.35. The minimum atomic E-state index is -0.298. The van der Waals surface area contributed by atoms with Crippen LogP contribution in [-0.2, 0) is 11.2 Å². The molecule has 0 saturated carbocycles. The molecule has 0 radical (unpaired) electrons. The molecule has 0 aliphatic heterocycles. The highest BCUT2D eigenvalue weighted by molar-refractivity contribution is 9.10. The summed E-state index contributed by atoms with van der Waals surface area (Å²) in [5, 5.41) is 3.06. The molecule has 1 amide bonds. The van der Waals surface area contributed by atoms with Gasteiger partial charge in [-0.15, -0.1) is 12.4 Å². The van der Waals surface area contributed by atoms with Crippen molar-refractivity contribution in [2.24, 2.45) is 5.73 Å². The van der Waals surface area contributed by atoms with Crippen molar-refractivity contribution in [3.05, 3.63) is 70.2 Å². The van der Waals surface area contributed by atoms with Gasteiger partial charge in [-0.2, -0.15) is 0 Å². The van der Waals surface area contributed by atoms with Gasteiger partial charge in [0.2, 0.25) is 5.91 Å². The molecule has 124 valence electrons. The zero-order valence-corrected chi connectivity index (χ0v) is 15.4. The van der Waals surface area contributed by atoms with Gasteiger partial charge in [0.25, 0.3) is 0 Å². The van der Waals surface area contributed by atoms with Gasteiger partial charge in [0.1, 0.15) is 0 Å². The number of amides is 1. The van der Waals surface area contributed by atoms with Gasteiger partial charge in [0, 0.05) is 17.1 Å². The molecule has 0 fully saturated rings. The van der Waals surface area contributed by atoms with E-state index in [1.165, 1.54) is 5.56 Å². The summed E-state index contributed by atoms with van der Waals surface area (Å²) in [5.74, 6) is -0.313. The third kappa shape index (κ3) is 5.98. The lowest BCUT2D eigenvalue weighted by Gasteiger charge is -2.19. The fraction of sp³-hybridized carbons (Fsp3) is 0.278. The lowest BCUT2D eigenvalue weighted by atomic mass is 9.97. The molecular formula is C18H22BrClN2O. The third-order valence-corrected chi connectivity index (χ3v) is 4.13. The average Bonchev–Trinajstić information content (AvgIpc) is 2.51. The summed E-state index contributed by atoms with van der Waals surface area (Å²) >= 11 is 3.42. The van der Waals surface area contributed by atoms with Gasteiger partial charge in [0.05, 0.1) is 5.92 Å². The summed E-state index contributed by atoms with van der Waals surface area (Å²) in [7, 11) is 0. The van der Waals surface area contributed by atoms with Crippen molar-refractivity contribution < 1.29 is 4.79 Å². The second-order valence-electron chi connectivity index (χ2n) is 5.44. The van der Waals surface area contributed by atoms with Crippen molar-refractivity contribution in [1.82, 2.24) is 5.32 Å². The van der Waals surface area contributed by atoms with E-state index in [4.69, 9.17) is 5.73 Å². The van der Waals surface area contributed by atoms with Gasteiger partial charge in [-0.1, -0.05) is 58.4 Å². The molecule has 2 rings (SSSR count). The van der Waals surface area contributed by atoms with E-state index >= 15 is 0 Å². The number of hydrogen-bond acceptors (Lipinski definition) is 2. The maximum absolute atomic E-state index is 12.4. The van der Waals surface area contributed by atoms with Crippen molar-refractivity contribution in [2.45, 2.75) is 25.3 Å². The molecular weight excluding hydrogens is 376 g/mol. The topological polar surface area (TPSA) is 55.1 Å². The van der Waals surface area contributed by atoms with E-state index in [0.717, 1.165) is 16.5 Å². The molecule has 3 nitrogen and oxygen atoms in total. The Hall–Kier alpha value is -1.36. The van der Waals surface area contributed by atoms with Gasteiger partial charge in [0.15, 0.2) is 0 Å². The van der Waals surface area contributed by atoms with Gasteiger partial charge in [-0.05, 0) is 36.6 Å². The Morgan fingerprint density at radius 1 is 1.13 bits per heavy atom. The van der Waals surface area contributed by atoms with Crippen molar-refractivity contribution in [3.8, 4) is 0 Å². The maximum Gasteiger partial charge on any atom is 0.229 e. The van der Waals surface area contributed by atoms with Crippen LogP contribution in [-0.4, -0.2) is 18.5 Å². The Bertz CT molecular complexity index is 604. The minimum Gasteiger partial charge on any atom is -0.353 e. The zero-order chi connectivity index (χ0) is 15.9. The summed E-state index contributed by atoms with van der Waals surface area (Å²) in [4.78, 5) is 12.4. The predicted molar refractivity (Wildman–Crippen MR) is 101 cm³/mol. The minimum absolute atomic E-state index is 0. The number of nitrogens with two attached hydrogens (primary N) is 1. The molecule has 0 heterocycles. The van der Waals surface area contributed by atoms with Crippen LogP contribution in [0.2, 0.25) is 0 Å². The number of rotatable bonds is 6. The lowest BCUT2D eigenvalue weighted by molar-refractivity contribution is -0.122. The number of nitrogens with one attached hydrogen (secondary N) is 1. The molecule has 2 unspecified atom stereocenters. The molecule has 3 N–H and O–H groups in total. The Morgan fingerprint density at radius 2 is 1.74 bits per heavy atom. The smallest absolute Gasteiger partial charge is 0.229 e. The van der Waals surface area contributed by atoms with Crippen molar-refractivity contribution in [1.29, 1.82) is 0 Å². The molecule has 2 aromatic carbocycles. The Morgan fingerprint density at radius 3 is 2.30 bits per heavy atom. The number of carbonyl (C=O) groups excluding carboxylic acids is 1. The predicted octanol–water partition coefficient (Wildman–Crippen LogP) is 3.66. The molecule has 0 aliphatic carbocycles. The van der Waals surface area contributed by atoms with Gasteiger partial charge in [-0.25, -0.2) is 0 Å². The molecule has 0 bridgehead atoms. The van der Waals surface area contributed by atoms with Crippen LogP contribution in [0.15, 0.2) is 59.1 Å². The zero-order valence-electron chi connectivity index (χ0n) is 13.0. The molecule has 5 heteroatoms. The molecule has 2 atom stereocenters. The molecule has 0 aromatic heterocycles. The summed E-state index contributed by atoms with van der Waals surface area (Å²) in [6.07, 6.45) is 0.797.